The molecule has 0 spiro atoms. The van der Waals surface area contributed by atoms with Crippen molar-refractivity contribution in [2.45, 2.75) is 26.2 Å². The number of ether oxygens (including phenoxy) is 3. The van der Waals surface area contributed by atoms with Gasteiger partial charge in [-0.2, -0.15) is 0 Å². The summed E-state index contributed by atoms with van der Waals surface area (Å²) in [5, 5.41) is 2.15. The van der Waals surface area contributed by atoms with Crippen molar-refractivity contribution in [3.63, 3.8) is 0 Å². The number of nitrogens with one attached hydrogen (secondary N) is 1. The monoisotopic (exact) mass is 399 g/mol. The fourth-order valence-electron chi connectivity index (χ4n) is 2.60. The zero-order valence-electron chi connectivity index (χ0n) is 17.0. The van der Waals surface area contributed by atoms with Gasteiger partial charge < -0.3 is 14.2 Å². The maximum absolute atomic E-state index is 12.1. The van der Waals surface area contributed by atoms with Crippen LogP contribution in [0.3, 0.4) is 0 Å². The fraction of sp³-hybridized carbons (Fsp3) is 0.318. The minimum atomic E-state index is -0.746. The highest BCUT2D eigenvalue weighted by Crippen LogP contribution is 2.30. The number of methoxy groups -OCH3 is 1. The van der Waals surface area contributed by atoms with E-state index in [9.17, 15) is 14.4 Å². The van der Waals surface area contributed by atoms with Crippen molar-refractivity contribution in [3.8, 4) is 11.5 Å². The Kier molecular flexibility index (Phi) is 7.36. The first-order valence-electron chi connectivity index (χ1n) is 9.07. The second-order valence-electron chi connectivity index (χ2n) is 7.27. The minimum absolute atomic E-state index is 0.154. The number of rotatable bonds is 7. The van der Waals surface area contributed by atoms with Crippen LogP contribution in [0, 0.1) is 0 Å². The van der Waals surface area contributed by atoms with Gasteiger partial charge in [0.15, 0.2) is 13.2 Å². The predicted octanol–water partition coefficient (Wildman–Crippen LogP) is 2.87. The number of para-hydroxylation sites is 2. The fourth-order valence-corrected chi connectivity index (χ4v) is 2.60. The van der Waals surface area contributed by atoms with Crippen LogP contribution in [0.1, 0.15) is 36.7 Å². The maximum Gasteiger partial charge on any atom is 0.344 e. The molecule has 29 heavy (non-hydrogen) atoms. The van der Waals surface area contributed by atoms with Gasteiger partial charge in [0.2, 0.25) is 0 Å². The third kappa shape index (κ3) is 6.34. The smallest absolute Gasteiger partial charge is 0.344 e. The Bertz CT molecular complexity index is 885. The SMILES string of the molecule is COc1ccccc1C(=O)NC(=O)COC(=O)COc1ccccc1C(C)(C)C. The summed E-state index contributed by atoms with van der Waals surface area (Å²) in [5.74, 6) is -1.19. The van der Waals surface area contributed by atoms with Gasteiger partial charge in [-0.05, 0) is 29.2 Å². The van der Waals surface area contributed by atoms with Gasteiger partial charge in [-0.25, -0.2) is 4.79 Å². The van der Waals surface area contributed by atoms with E-state index in [0.717, 1.165) is 5.56 Å². The molecule has 2 rings (SSSR count). The lowest BCUT2D eigenvalue weighted by Crippen LogP contribution is -2.35. The van der Waals surface area contributed by atoms with E-state index in [1.54, 1.807) is 24.3 Å². The van der Waals surface area contributed by atoms with Crippen molar-refractivity contribution in [2.24, 2.45) is 0 Å². The van der Waals surface area contributed by atoms with Gasteiger partial charge in [-0.15, -0.1) is 0 Å². The van der Waals surface area contributed by atoms with Crippen molar-refractivity contribution in [1.29, 1.82) is 0 Å². The van der Waals surface area contributed by atoms with Crippen LogP contribution >= 0.6 is 0 Å². The number of carbonyl (C=O) groups excluding carboxylic acids is 3. The Labute approximate surface area is 170 Å². The number of hydrogen-bond donors (Lipinski definition) is 1. The van der Waals surface area contributed by atoms with Gasteiger partial charge in [0.1, 0.15) is 11.5 Å². The Morgan fingerprint density at radius 1 is 0.897 bits per heavy atom. The molecule has 0 aliphatic rings. The summed E-state index contributed by atoms with van der Waals surface area (Å²) >= 11 is 0. The van der Waals surface area contributed by atoms with E-state index in [0.29, 0.717) is 11.5 Å². The van der Waals surface area contributed by atoms with Crippen molar-refractivity contribution in [2.75, 3.05) is 20.3 Å². The summed E-state index contributed by atoms with van der Waals surface area (Å²) < 4.78 is 15.5. The first-order valence-corrected chi connectivity index (χ1v) is 9.07. The molecule has 0 atom stereocenters. The highest BCUT2D eigenvalue weighted by atomic mass is 16.6. The molecular weight excluding hydrogens is 374 g/mol. The van der Waals surface area contributed by atoms with Gasteiger partial charge in [-0.3, -0.25) is 14.9 Å². The molecule has 0 aromatic heterocycles. The molecule has 0 unspecified atom stereocenters. The molecule has 2 aromatic rings. The number of esters is 1. The van der Waals surface area contributed by atoms with Gasteiger partial charge in [0, 0.05) is 0 Å². The van der Waals surface area contributed by atoms with Crippen molar-refractivity contribution < 1.29 is 28.6 Å². The number of carbonyl (C=O) groups is 3. The van der Waals surface area contributed by atoms with E-state index in [4.69, 9.17) is 14.2 Å². The van der Waals surface area contributed by atoms with E-state index in [-0.39, 0.29) is 17.6 Å². The molecule has 0 heterocycles. The van der Waals surface area contributed by atoms with Crippen molar-refractivity contribution >= 4 is 17.8 Å². The molecule has 7 nitrogen and oxygen atoms in total. The highest BCUT2D eigenvalue weighted by Gasteiger charge is 2.20. The number of benzene rings is 2. The van der Waals surface area contributed by atoms with Gasteiger partial charge in [0.25, 0.3) is 11.8 Å². The molecule has 0 saturated carbocycles. The third-order valence-electron chi connectivity index (χ3n) is 4.01. The lowest BCUT2D eigenvalue weighted by atomic mass is 9.86. The summed E-state index contributed by atoms with van der Waals surface area (Å²) in [4.78, 5) is 36.0. The third-order valence-corrected chi connectivity index (χ3v) is 4.01. The molecule has 0 bridgehead atoms. The number of imide groups is 1. The first-order chi connectivity index (χ1) is 13.7. The van der Waals surface area contributed by atoms with Crippen molar-refractivity contribution in [1.82, 2.24) is 5.32 Å². The quantitative estimate of drug-likeness (QED) is 0.720. The normalized spacial score (nSPS) is 10.8. The summed E-state index contributed by atoms with van der Waals surface area (Å²) in [6.07, 6.45) is 0. The molecule has 7 heteroatoms. The second-order valence-corrected chi connectivity index (χ2v) is 7.27. The Balaban J connectivity index is 1.84. The van der Waals surface area contributed by atoms with E-state index < -0.39 is 24.4 Å². The van der Waals surface area contributed by atoms with Gasteiger partial charge in [-0.1, -0.05) is 51.1 Å². The zero-order valence-corrected chi connectivity index (χ0v) is 17.0. The zero-order chi connectivity index (χ0) is 21.4. The van der Waals surface area contributed by atoms with Crippen LogP contribution in [0.15, 0.2) is 48.5 Å². The summed E-state index contributed by atoms with van der Waals surface area (Å²) in [6.45, 7) is 5.18. The van der Waals surface area contributed by atoms with E-state index in [1.165, 1.54) is 13.2 Å². The maximum atomic E-state index is 12.1. The molecule has 2 aromatic carbocycles. The Morgan fingerprint density at radius 3 is 2.17 bits per heavy atom. The number of hydrogen-bond acceptors (Lipinski definition) is 6. The Morgan fingerprint density at radius 2 is 1.52 bits per heavy atom. The topological polar surface area (TPSA) is 90.9 Å². The number of amides is 2. The minimum Gasteiger partial charge on any atom is -0.496 e. The van der Waals surface area contributed by atoms with Crippen molar-refractivity contribution in [3.05, 3.63) is 59.7 Å². The molecule has 1 N–H and O–H groups in total. The van der Waals surface area contributed by atoms with Crippen LogP contribution in [-0.4, -0.2) is 38.1 Å². The molecule has 0 aliphatic carbocycles. The van der Waals surface area contributed by atoms with E-state index >= 15 is 0 Å². The summed E-state index contributed by atoms with van der Waals surface area (Å²) in [7, 11) is 1.42. The largest absolute Gasteiger partial charge is 0.496 e. The molecule has 2 amide bonds. The lowest BCUT2D eigenvalue weighted by Gasteiger charge is -2.22. The van der Waals surface area contributed by atoms with Gasteiger partial charge >= 0.3 is 5.97 Å². The summed E-state index contributed by atoms with van der Waals surface area (Å²) in [6, 6.07) is 13.9. The molecule has 154 valence electrons. The Hall–Kier alpha value is -3.35. The van der Waals surface area contributed by atoms with Crippen LogP contribution in [0.2, 0.25) is 0 Å². The average molecular weight is 399 g/mol. The van der Waals surface area contributed by atoms with E-state index in [1.807, 2.05) is 39.0 Å². The predicted molar refractivity (Wildman–Crippen MR) is 107 cm³/mol. The van der Waals surface area contributed by atoms with Crippen LogP contribution < -0.4 is 14.8 Å². The van der Waals surface area contributed by atoms with Crippen LogP contribution in [0.4, 0.5) is 0 Å². The second kappa shape index (κ2) is 9.73. The van der Waals surface area contributed by atoms with Crippen LogP contribution in [0.25, 0.3) is 0 Å². The molecular formula is C22H25NO6. The van der Waals surface area contributed by atoms with E-state index in [2.05, 4.69) is 5.32 Å². The standard InChI is InChI=1S/C22H25NO6/c1-22(2,3)16-10-6-8-12-18(16)28-14-20(25)29-13-19(24)23-21(26)15-9-5-7-11-17(15)27-4/h5-12H,13-14H2,1-4H3,(H,23,24,26). The lowest BCUT2D eigenvalue weighted by molar-refractivity contribution is -0.150. The van der Waals surface area contributed by atoms with Crippen LogP contribution in [0.5, 0.6) is 11.5 Å². The highest BCUT2D eigenvalue weighted by molar-refractivity contribution is 6.06. The van der Waals surface area contributed by atoms with Crippen LogP contribution in [-0.2, 0) is 19.7 Å². The average Bonchev–Trinajstić information content (AvgIpc) is 2.70. The summed E-state index contributed by atoms with van der Waals surface area (Å²) in [5.41, 5.74) is 1.00. The molecule has 0 saturated heterocycles. The molecule has 0 fully saturated rings. The van der Waals surface area contributed by atoms with Gasteiger partial charge in [0.05, 0.1) is 12.7 Å². The molecule has 0 radical (unpaired) electrons. The molecule has 0 aliphatic heterocycles. The first kappa shape index (κ1) is 21.9.